The number of nitrogens with one attached hydrogen (secondary N) is 1. The fraction of sp³-hybridized carbons (Fsp3) is 0.312. The molecular formula is C16H19N3S. The van der Waals surface area contributed by atoms with Crippen molar-refractivity contribution in [3.8, 4) is 0 Å². The van der Waals surface area contributed by atoms with Gasteiger partial charge in [-0.05, 0) is 41.1 Å². The summed E-state index contributed by atoms with van der Waals surface area (Å²) in [6, 6.07) is 10.8. The Hall–Kier alpha value is -1.65. The molecule has 0 aliphatic heterocycles. The molecule has 1 aromatic carbocycles. The maximum atomic E-state index is 4.77. The molecule has 0 amide bonds. The molecule has 0 saturated carbocycles. The zero-order valence-corrected chi connectivity index (χ0v) is 12.7. The molecule has 0 fully saturated rings. The standard InChI is InChI=1S/C16H19N3S/c1-3-17-14(12-8-9-20-11-12)10-16-18-13-6-4-5-7-15(13)19(16)2/h4-9,11,14,17H,3,10H2,1-2H3. The summed E-state index contributed by atoms with van der Waals surface area (Å²) in [5.74, 6) is 1.13. The van der Waals surface area contributed by atoms with E-state index >= 15 is 0 Å². The maximum absolute atomic E-state index is 4.77. The van der Waals surface area contributed by atoms with Gasteiger partial charge in [-0.3, -0.25) is 0 Å². The van der Waals surface area contributed by atoms with E-state index in [-0.39, 0.29) is 0 Å². The molecule has 3 nitrogen and oxygen atoms in total. The van der Waals surface area contributed by atoms with Crippen LogP contribution in [0.5, 0.6) is 0 Å². The first kappa shape index (κ1) is 13.3. The summed E-state index contributed by atoms with van der Waals surface area (Å²) >= 11 is 1.75. The molecule has 4 heteroatoms. The van der Waals surface area contributed by atoms with Gasteiger partial charge in [-0.2, -0.15) is 11.3 Å². The van der Waals surface area contributed by atoms with E-state index in [1.165, 1.54) is 11.1 Å². The van der Waals surface area contributed by atoms with Crippen molar-refractivity contribution in [3.63, 3.8) is 0 Å². The average Bonchev–Trinajstić information content (AvgIpc) is 3.08. The first-order chi connectivity index (χ1) is 9.79. The Bertz CT molecular complexity index is 685. The molecule has 104 valence electrons. The highest BCUT2D eigenvalue weighted by Gasteiger charge is 2.15. The van der Waals surface area contributed by atoms with E-state index in [1.54, 1.807) is 11.3 Å². The first-order valence-corrected chi connectivity index (χ1v) is 7.89. The summed E-state index contributed by atoms with van der Waals surface area (Å²) in [6.07, 6.45) is 0.912. The number of rotatable bonds is 5. The highest BCUT2D eigenvalue weighted by molar-refractivity contribution is 7.07. The summed E-state index contributed by atoms with van der Waals surface area (Å²) in [6.45, 7) is 3.11. The molecule has 1 N–H and O–H groups in total. The fourth-order valence-corrected chi connectivity index (χ4v) is 3.30. The fourth-order valence-electron chi connectivity index (χ4n) is 2.59. The van der Waals surface area contributed by atoms with Crippen LogP contribution in [0, 0.1) is 0 Å². The van der Waals surface area contributed by atoms with E-state index in [9.17, 15) is 0 Å². The average molecular weight is 285 g/mol. The van der Waals surface area contributed by atoms with Crippen molar-refractivity contribution >= 4 is 22.4 Å². The summed E-state index contributed by atoms with van der Waals surface area (Å²) in [5, 5.41) is 7.91. The van der Waals surface area contributed by atoms with Gasteiger partial charge in [0, 0.05) is 19.5 Å². The lowest BCUT2D eigenvalue weighted by Gasteiger charge is -2.16. The number of imidazole rings is 1. The number of hydrogen-bond donors (Lipinski definition) is 1. The smallest absolute Gasteiger partial charge is 0.111 e. The third-order valence-electron chi connectivity index (χ3n) is 3.66. The second-order valence-corrected chi connectivity index (χ2v) is 5.73. The molecule has 0 aliphatic carbocycles. The highest BCUT2D eigenvalue weighted by Crippen LogP contribution is 2.22. The van der Waals surface area contributed by atoms with Crippen molar-refractivity contribution in [2.75, 3.05) is 6.54 Å². The summed E-state index contributed by atoms with van der Waals surface area (Å²) in [7, 11) is 2.10. The number of benzene rings is 1. The van der Waals surface area contributed by atoms with E-state index in [1.807, 2.05) is 6.07 Å². The second-order valence-electron chi connectivity index (χ2n) is 4.95. The quantitative estimate of drug-likeness (QED) is 0.777. The SMILES string of the molecule is CCNC(Cc1nc2ccccc2n1C)c1ccsc1. The van der Waals surface area contributed by atoms with Gasteiger partial charge in [0.05, 0.1) is 11.0 Å². The molecular weight excluding hydrogens is 266 g/mol. The monoisotopic (exact) mass is 285 g/mol. The molecule has 0 saturated heterocycles. The lowest BCUT2D eigenvalue weighted by Crippen LogP contribution is -2.23. The zero-order valence-electron chi connectivity index (χ0n) is 11.8. The second kappa shape index (κ2) is 5.77. The predicted molar refractivity (Wildman–Crippen MR) is 85.2 cm³/mol. The molecule has 2 aromatic heterocycles. The minimum Gasteiger partial charge on any atom is -0.331 e. The molecule has 2 heterocycles. The topological polar surface area (TPSA) is 29.9 Å². The maximum Gasteiger partial charge on any atom is 0.111 e. The van der Waals surface area contributed by atoms with Crippen molar-refractivity contribution < 1.29 is 0 Å². The Labute approximate surface area is 123 Å². The van der Waals surface area contributed by atoms with Gasteiger partial charge in [-0.25, -0.2) is 4.98 Å². The van der Waals surface area contributed by atoms with Crippen molar-refractivity contribution in [2.45, 2.75) is 19.4 Å². The molecule has 1 unspecified atom stereocenters. The lowest BCUT2D eigenvalue weighted by molar-refractivity contribution is 0.532. The zero-order chi connectivity index (χ0) is 13.9. The van der Waals surface area contributed by atoms with Crippen LogP contribution in [0.4, 0.5) is 0 Å². The van der Waals surface area contributed by atoms with Crippen molar-refractivity contribution in [1.29, 1.82) is 0 Å². The minimum absolute atomic E-state index is 0.335. The Morgan fingerprint density at radius 1 is 1.30 bits per heavy atom. The van der Waals surface area contributed by atoms with Gasteiger partial charge < -0.3 is 9.88 Å². The molecule has 0 spiro atoms. The largest absolute Gasteiger partial charge is 0.331 e. The van der Waals surface area contributed by atoms with Gasteiger partial charge in [0.25, 0.3) is 0 Å². The summed E-state index contributed by atoms with van der Waals surface area (Å²) in [4.78, 5) is 4.77. The Balaban J connectivity index is 1.92. The molecule has 20 heavy (non-hydrogen) atoms. The van der Waals surface area contributed by atoms with Crippen LogP contribution >= 0.6 is 11.3 Å². The van der Waals surface area contributed by atoms with Crippen LogP contribution in [0.1, 0.15) is 24.4 Å². The summed E-state index contributed by atoms with van der Waals surface area (Å²) in [5.41, 5.74) is 3.62. The number of aromatic nitrogens is 2. The van der Waals surface area contributed by atoms with Crippen LogP contribution in [-0.4, -0.2) is 16.1 Å². The number of likely N-dealkylation sites (N-methyl/N-ethyl adjacent to an activating group) is 1. The molecule has 3 rings (SSSR count). The van der Waals surface area contributed by atoms with Crippen LogP contribution < -0.4 is 5.32 Å². The molecule has 3 aromatic rings. The number of nitrogens with zero attached hydrogens (tertiary/aromatic N) is 2. The van der Waals surface area contributed by atoms with Crippen LogP contribution in [-0.2, 0) is 13.5 Å². The van der Waals surface area contributed by atoms with Crippen LogP contribution in [0.2, 0.25) is 0 Å². The van der Waals surface area contributed by atoms with Crippen molar-refractivity contribution in [2.24, 2.45) is 7.05 Å². The van der Waals surface area contributed by atoms with E-state index in [0.717, 1.165) is 24.3 Å². The van der Waals surface area contributed by atoms with E-state index in [4.69, 9.17) is 4.98 Å². The predicted octanol–water partition coefficient (Wildman–Crippen LogP) is 3.53. The number of para-hydroxylation sites is 2. The number of hydrogen-bond acceptors (Lipinski definition) is 3. The van der Waals surface area contributed by atoms with Crippen LogP contribution in [0.3, 0.4) is 0 Å². The number of fused-ring (bicyclic) bond motifs is 1. The van der Waals surface area contributed by atoms with Gasteiger partial charge in [0.1, 0.15) is 5.82 Å². The van der Waals surface area contributed by atoms with Gasteiger partial charge >= 0.3 is 0 Å². The third kappa shape index (κ3) is 2.49. The van der Waals surface area contributed by atoms with Crippen molar-refractivity contribution in [1.82, 2.24) is 14.9 Å². The Morgan fingerprint density at radius 3 is 2.85 bits per heavy atom. The summed E-state index contributed by atoms with van der Waals surface area (Å²) < 4.78 is 2.20. The van der Waals surface area contributed by atoms with E-state index in [2.05, 4.69) is 58.9 Å². The molecule has 0 aliphatic rings. The Morgan fingerprint density at radius 2 is 2.15 bits per heavy atom. The third-order valence-corrected chi connectivity index (χ3v) is 4.36. The molecule has 0 radical (unpaired) electrons. The highest BCUT2D eigenvalue weighted by atomic mass is 32.1. The van der Waals surface area contributed by atoms with Crippen LogP contribution in [0.15, 0.2) is 41.1 Å². The van der Waals surface area contributed by atoms with E-state index in [0.29, 0.717) is 6.04 Å². The van der Waals surface area contributed by atoms with E-state index < -0.39 is 0 Å². The van der Waals surface area contributed by atoms with Crippen LogP contribution in [0.25, 0.3) is 11.0 Å². The normalized spacial score (nSPS) is 12.9. The van der Waals surface area contributed by atoms with Gasteiger partial charge in [-0.1, -0.05) is 19.1 Å². The minimum atomic E-state index is 0.335. The molecule has 0 bridgehead atoms. The number of thiophene rings is 1. The Kier molecular flexibility index (Phi) is 3.85. The van der Waals surface area contributed by atoms with Gasteiger partial charge in [-0.15, -0.1) is 0 Å². The first-order valence-electron chi connectivity index (χ1n) is 6.95. The van der Waals surface area contributed by atoms with Gasteiger partial charge in [0.15, 0.2) is 0 Å². The molecule has 1 atom stereocenters. The number of aryl methyl sites for hydroxylation is 1. The van der Waals surface area contributed by atoms with Crippen molar-refractivity contribution in [3.05, 3.63) is 52.5 Å². The van der Waals surface area contributed by atoms with Gasteiger partial charge in [0.2, 0.25) is 0 Å². The lowest BCUT2D eigenvalue weighted by atomic mass is 10.1.